The van der Waals surface area contributed by atoms with Gasteiger partial charge in [0.15, 0.2) is 5.11 Å². The van der Waals surface area contributed by atoms with Crippen LogP contribution in [-0.2, 0) is 14.3 Å². The van der Waals surface area contributed by atoms with E-state index in [0.29, 0.717) is 28.5 Å². The average Bonchev–Trinajstić information content (AvgIpc) is 2.78. The van der Waals surface area contributed by atoms with E-state index < -0.39 is 12.0 Å². The van der Waals surface area contributed by atoms with Crippen LogP contribution in [0.5, 0.6) is 0 Å². The molecule has 0 bridgehead atoms. The highest BCUT2D eigenvalue weighted by Crippen LogP contribution is 2.31. The first-order valence-corrected chi connectivity index (χ1v) is 10.6. The van der Waals surface area contributed by atoms with E-state index >= 15 is 0 Å². The molecule has 0 radical (unpaired) electrons. The van der Waals surface area contributed by atoms with Crippen molar-refractivity contribution in [2.75, 3.05) is 32.7 Å². The number of benzene rings is 2. The fraction of sp³-hybridized carbons (Fsp3) is 0.292. The number of anilines is 1. The van der Waals surface area contributed by atoms with Gasteiger partial charge in [0.05, 0.1) is 18.2 Å². The standard InChI is InChI=1S/C24H27N3O4S/c1-15-5-7-18(8-6-15)22(28)25-19-11-9-17(10-12-19)21-20(23(29)31-14-13-30-4)16(2)27(3)24(32)26-21/h5-12,21H,13-14H2,1-4H3,(H,25,28)(H,26,32). The average molecular weight is 454 g/mol. The van der Waals surface area contributed by atoms with Crippen LogP contribution in [0.3, 0.4) is 0 Å². The molecule has 0 aromatic heterocycles. The van der Waals surface area contributed by atoms with Crippen LogP contribution in [0.4, 0.5) is 5.69 Å². The van der Waals surface area contributed by atoms with Crippen molar-refractivity contribution < 1.29 is 19.1 Å². The normalized spacial score (nSPS) is 15.9. The van der Waals surface area contributed by atoms with Crippen molar-refractivity contribution in [3.63, 3.8) is 0 Å². The number of esters is 1. The lowest BCUT2D eigenvalue weighted by molar-refractivity contribution is -0.140. The van der Waals surface area contributed by atoms with Crippen molar-refractivity contribution >= 4 is 34.9 Å². The number of carbonyl (C=O) groups excluding carboxylic acids is 2. The molecule has 1 unspecified atom stereocenters. The van der Waals surface area contributed by atoms with Crippen LogP contribution < -0.4 is 10.6 Å². The van der Waals surface area contributed by atoms with E-state index in [4.69, 9.17) is 21.7 Å². The molecule has 32 heavy (non-hydrogen) atoms. The van der Waals surface area contributed by atoms with Gasteiger partial charge < -0.3 is 25.0 Å². The summed E-state index contributed by atoms with van der Waals surface area (Å²) in [6.45, 7) is 4.29. The Bertz CT molecular complexity index is 1030. The largest absolute Gasteiger partial charge is 0.460 e. The molecule has 2 aromatic carbocycles. The van der Waals surface area contributed by atoms with Crippen molar-refractivity contribution in [1.82, 2.24) is 10.2 Å². The first kappa shape index (κ1) is 23.4. The molecule has 1 heterocycles. The Morgan fingerprint density at radius 2 is 1.72 bits per heavy atom. The van der Waals surface area contributed by atoms with Crippen LogP contribution in [-0.4, -0.2) is 49.3 Å². The summed E-state index contributed by atoms with van der Waals surface area (Å²) in [5.41, 5.74) is 4.36. The molecule has 0 saturated heterocycles. The van der Waals surface area contributed by atoms with E-state index in [1.807, 2.05) is 38.1 Å². The third-order valence-corrected chi connectivity index (χ3v) is 5.70. The Morgan fingerprint density at radius 1 is 1.06 bits per heavy atom. The van der Waals surface area contributed by atoms with Crippen molar-refractivity contribution in [3.05, 3.63) is 76.5 Å². The van der Waals surface area contributed by atoms with Crippen molar-refractivity contribution in [3.8, 4) is 0 Å². The van der Waals surface area contributed by atoms with E-state index in [0.717, 1.165) is 16.8 Å². The molecule has 0 aliphatic carbocycles. The first-order valence-electron chi connectivity index (χ1n) is 10.2. The number of carbonyl (C=O) groups is 2. The quantitative estimate of drug-likeness (QED) is 0.377. The summed E-state index contributed by atoms with van der Waals surface area (Å²) in [7, 11) is 3.35. The van der Waals surface area contributed by atoms with Crippen LogP contribution in [0.25, 0.3) is 0 Å². The minimum atomic E-state index is -0.462. The van der Waals surface area contributed by atoms with Crippen molar-refractivity contribution in [1.29, 1.82) is 0 Å². The zero-order valence-corrected chi connectivity index (χ0v) is 19.4. The Labute approximate surface area is 193 Å². The molecule has 1 aliphatic heterocycles. The second-order valence-corrected chi connectivity index (χ2v) is 7.90. The summed E-state index contributed by atoms with van der Waals surface area (Å²) in [6, 6.07) is 14.2. The van der Waals surface area contributed by atoms with Gasteiger partial charge >= 0.3 is 5.97 Å². The Balaban J connectivity index is 1.80. The number of hydrogen-bond donors (Lipinski definition) is 2. The van der Waals surface area contributed by atoms with Gasteiger partial charge in [-0.2, -0.15) is 0 Å². The lowest BCUT2D eigenvalue weighted by Gasteiger charge is -2.35. The predicted octanol–water partition coefficient (Wildman–Crippen LogP) is 3.57. The van der Waals surface area contributed by atoms with E-state index in [1.165, 1.54) is 0 Å². The Kier molecular flexibility index (Phi) is 7.61. The van der Waals surface area contributed by atoms with Gasteiger partial charge in [-0.1, -0.05) is 29.8 Å². The van der Waals surface area contributed by atoms with E-state index in [2.05, 4.69) is 10.6 Å². The van der Waals surface area contributed by atoms with Gasteiger partial charge in [-0.15, -0.1) is 0 Å². The van der Waals surface area contributed by atoms with E-state index in [9.17, 15) is 9.59 Å². The molecule has 7 nitrogen and oxygen atoms in total. The number of rotatable bonds is 7. The highest BCUT2D eigenvalue weighted by Gasteiger charge is 2.33. The maximum absolute atomic E-state index is 12.8. The number of aryl methyl sites for hydroxylation is 1. The van der Waals surface area contributed by atoms with Crippen LogP contribution in [0.1, 0.15) is 34.5 Å². The van der Waals surface area contributed by atoms with Crippen molar-refractivity contribution in [2.45, 2.75) is 19.9 Å². The molecule has 3 rings (SSSR count). The zero-order valence-electron chi connectivity index (χ0n) is 18.6. The van der Waals surface area contributed by atoms with Crippen molar-refractivity contribution in [2.24, 2.45) is 0 Å². The van der Waals surface area contributed by atoms with Gasteiger partial charge in [-0.3, -0.25) is 4.79 Å². The predicted molar refractivity (Wildman–Crippen MR) is 127 cm³/mol. The molecule has 2 aromatic rings. The molecule has 1 aliphatic rings. The number of allylic oxidation sites excluding steroid dienone is 1. The lowest BCUT2D eigenvalue weighted by Crippen LogP contribution is -2.46. The number of methoxy groups -OCH3 is 1. The summed E-state index contributed by atoms with van der Waals surface area (Å²) in [4.78, 5) is 27.0. The van der Waals surface area contributed by atoms with E-state index in [-0.39, 0.29) is 12.5 Å². The second-order valence-electron chi connectivity index (χ2n) is 7.51. The van der Waals surface area contributed by atoms with Gasteiger partial charge in [0.1, 0.15) is 6.61 Å². The second kappa shape index (κ2) is 10.4. The summed E-state index contributed by atoms with van der Waals surface area (Å²) in [6.07, 6.45) is 0. The summed E-state index contributed by atoms with van der Waals surface area (Å²) in [5.74, 6) is -0.613. The molecule has 1 amide bonds. The van der Waals surface area contributed by atoms with Gasteiger partial charge in [0.25, 0.3) is 5.91 Å². The number of nitrogens with zero attached hydrogens (tertiary/aromatic N) is 1. The number of amides is 1. The smallest absolute Gasteiger partial charge is 0.338 e. The maximum Gasteiger partial charge on any atom is 0.338 e. The molecule has 1 atom stereocenters. The fourth-order valence-corrected chi connectivity index (χ4v) is 3.57. The maximum atomic E-state index is 12.8. The minimum Gasteiger partial charge on any atom is -0.460 e. The summed E-state index contributed by atoms with van der Waals surface area (Å²) >= 11 is 5.43. The van der Waals surface area contributed by atoms with Gasteiger partial charge in [-0.05, 0) is 55.9 Å². The number of hydrogen-bond acceptors (Lipinski definition) is 5. The monoisotopic (exact) mass is 453 g/mol. The molecular weight excluding hydrogens is 426 g/mol. The third-order valence-electron chi connectivity index (χ3n) is 5.31. The lowest BCUT2D eigenvalue weighted by atomic mass is 9.95. The van der Waals surface area contributed by atoms with Crippen LogP contribution >= 0.6 is 12.2 Å². The number of nitrogens with one attached hydrogen (secondary N) is 2. The molecule has 0 fully saturated rings. The minimum absolute atomic E-state index is 0.164. The molecule has 0 spiro atoms. The summed E-state index contributed by atoms with van der Waals surface area (Å²) < 4.78 is 10.3. The highest BCUT2D eigenvalue weighted by molar-refractivity contribution is 7.80. The van der Waals surface area contributed by atoms with E-state index in [1.54, 1.807) is 43.3 Å². The Hall–Kier alpha value is -3.23. The van der Waals surface area contributed by atoms with Crippen LogP contribution in [0.2, 0.25) is 0 Å². The SMILES string of the molecule is COCCOC(=O)C1=C(C)N(C)C(=S)NC1c1ccc(NC(=O)c2ccc(C)cc2)cc1. The number of ether oxygens (including phenoxy) is 2. The molecule has 2 N–H and O–H groups in total. The molecule has 168 valence electrons. The zero-order chi connectivity index (χ0) is 23.3. The van der Waals surface area contributed by atoms with Gasteiger partial charge in [0.2, 0.25) is 0 Å². The first-order chi connectivity index (χ1) is 15.3. The Morgan fingerprint density at radius 3 is 2.34 bits per heavy atom. The van der Waals surface area contributed by atoms with Gasteiger partial charge in [0, 0.05) is 31.1 Å². The fourth-order valence-electron chi connectivity index (χ4n) is 3.31. The van der Waals surface area contributed by atoms with Crippen LogP contribution in [0, 0.1) is 6.92 Å². The molecule has 8 heteroatoms. The highest BCUT2D eigenvalue weighted by atomic mass is 32.1. The van der Waals surface area contributed by atoms with Crippen LogP contribution in [0.15, 0.2) is 59.8 Å². The molecular formula is C24H27N3O4S. The summed E-state index contributed by atoms with van der Waals surface area (Å²) in [5, 5.41) is 6.61. The molecule has 0 saturated carbocycles. The van der Waals surface area contributed by atoms with Gasteiger partial charge in [-0.25, -0.2) is 4.79 Å². The topological polar surface area (TPSA) is 79.9 Å². The number of thiocarbonyl (C=S) groups is 1. The third kappa shape index (κ3) is 5.33.